The number of hydrogen-bond donors (Lipinski definition) is 1. The van der Waals surface area contributed by atoms with E-state index in [1.807, 2.05) is 53.4 Å². The Hall–Kier alpha value is -2.62. The number of fused-ring (bicyclic) bond motifs is 1. The Balaban J connectivity index is 1.44. The second-order valence-corrected chi connectivity index (χ2v) is 7.34. The zero-order valence-electron chi connectivity index (χ0n) is 14.9. The van der Waals surface area contributed by atoms with E-state index in [2.05, 4.69) is 5.32 Å². The summed E-state index contributed by atoms with van der Waals surface area (Å²) in [4.78, 5) is 26.9. The van der Waals surface area contributed by atoms with Crippen molar-refractivity contribution in [2.75, 3.05) is 5.32 Å². The second kappa shape index (κ2) is 7.32. The topological polar surface area (TPSA) is 49.4 Å². The maximum atomic E-state index is 12.6. The number of carbonyl (C=O) groups excluding carboxylic acids is 2. The zero-order chi connectivity index (χ0) is 17.9. The first-order chi connectivity index (χ1) is 12.7. The van der Waals surface area contributed by atoms with Gasteiger partial charge in [-0.15, -0.1) is 0 Å². The average Bonchev–Trinajstić information content (AvgIpc) is 2.98. The summed E-state index contributed by atoms with van der Waals surface area (Å²) < 4.78 is 0. The molecule has 1 N–H and O–H groups in total. The molecule has 0 saturated heterocycles. The summed E-state index contributed by atoms with van der Waals surface area (Å²) in [5, 5.41) is 3.05. The van der Waals surface area contributed by atoms with E-state index in [1.54, 1.807) is 0 Å². The smallest absolute Gasteiger partial charge is 0.254 e. The van der Waals surface area contributed by atoms with E-state index in [0.717, 1.165) is 48.1 Å². The third-order valence-electron chi connectivity index (χ3n) is 5.44. The minimum Gasteiger partial charge on any atom is -0.330 e. The predicted molar refractivity (Wildman–Crippen MR) is 102 cm³/mol. The van der Waals surface area contributed by atoms with E-state index in [4.69, 9.17) is 0 Å². The van der Waals surface area contributed by atoms with E-state index < -0.39 is 0 Å². The molecule has 4 nitrogen and oxygen atoms in total. The van der Waals surface area contributed by atoms with Crippen molar-refractivity contribution >= 4 is 17.5 Å². The molecule has 0 spiro atoms. The summed E-state index contributed by atoms with van der Waals surface area (Å²) in [5.41, 5.74) is 3.66. The first kappa shape index (κ1) is 16.8. The first-order valence-corrected chi connectivity index (χ1v) is 9.48. The quantitative estimate of drug-likeness (QED) is 0.892. The number of benzene rings is 2. The maximum Gasteiger partial charge on any atom is 0.254 e. The number of rotatable bonds is 4. The highest BCUT2D eigenvalue weighted by atomic mass is 16.2. The van der Waals surface area contributed by atoms with Crippen LogP contribution in [0.15, 0.2) is 48.5 Å². The lowest BCUT2D eigenvalue weighted by atomic mass is 9.88. The molecule has 1 aliphatic carbocycles. The fourth-order valence-corrected chi connectivity index (χ4v) is 4.00. The van der Waals surface area contributed by atoms with E-state index in [-0.39, 0.29) is 17.7 Å². The molecule has 2 aromatic carbocycles. The van der Waals surface area contributed by atoms with Gasteiger partial charge in [-0.3, -0.25) is 9.59 Å². The summed E-state index contributed by atoms with van der Waals surface area (Å²) in [5.74, 6) is 0.317. The first-order valence-electron chi connectivity index (χ1n) is 9.48. The SMILES string of the molecule is O=C(Nc1ccc2c(c1)CN(Cc1ccccc1)C2=O)C1CCCCC1. The maximum absolute atomic E-state index is 12.6. The number of hydrogen-bond acceptors (Lipinski definition) is 2. The Morgan fingerprint density at radius 3 is 2.58 bits per heavy atom. The largest absolute Gasteiger partial charge is 0.330 e. The van der Waals surface area contributed by atoms with Crippen LogP contribution < -0.4 is 5.32 Å². The van der Waals surface area contributed by atoms with Crippen LogP contribution in [0.1, 0.15) is 53.6 Å². The summed E-state index contributed by atoms with van der Waals surface area (Å²) in [6, 6.07) is 15.7. The Bertz CT molecular complexity index is 810. The Morgan fingerprint density at radius 2 is 1.81 bits per heavy atom. The lowest BCUT2D eigenvalue weighted by Crippen LogP contribution is -2.24. The van der Waals surface area contributed by atoms with Crippen molar-refractivity contribution in [2.45, 2.75) is 45.2 Å². The molecule has 1 fully saturated rings. The van der Waals surface area contributed by atoms with Crippen LogP contribution in [-0.4, -0.2) is 16.7 Å². The third-order valence-corrected chi connectivity index (χ3v) is 5.44. The van der Waals surface area contributed by atoms with Crippen molar-refractivity contribution in [1.82, 2.24) is 4.90 Å². The normalized spacial score (nSPS) is 17.2. The van der Waals surface area contributed by atoms with Crippen molar-refractivity contribution in [1.29, 1.82) is 0 Å². The van der Waals surface area contributed by atoms with Crippen LogP contribution in [0, 0.1) is 5.92 Å². The number of nitrogens with zero attached hydrogens (tertiary/aromatic N) is 1. The molecule has 0 atom stereocenters. The number of amides is 2. The summed E-state index contributed by atoms with van der Waals surface area (Å²) in [6.45, 7) is 1.20. The van der Waals surface area contributed by atoms with E-state index >= 15 is 0 Å². The average molecular weight is 348 g/mol. The van der Waals surface area contributed by atoms with Crippen LogP contribution in [-0.2, 0) is 17.9 Å². The lowest BCUT2D eigenvalue weighted by molar-refractivity contribution is -0.120. The van der Waals surface area contributed by atoms with Crippen molar-refractivity contribution in [2.24, 2.45) is 5.92 Å². The number of carbonyl (C=O) groups is 2. The van der Waals surface area contributed by atoms with Gasteiger partial charge in [-0.25, -0.2) is 0 Å². The van der Waals surface area contributed by atoms with Gasteiger partial charge in [0.1, 0.15) is 0 Å². The van der Waals surface area contributed by atoms with Gasteiger partial charge in [0.05, 0.1) is 0 Å². The van der Waals surface area contributed by atoms with Gasteiger partial charge in [0.2, 0.25) is 5.91 Å². The van der Waals surface area contributed by atoms with E-state index in [9.17, 15) is 9.59 Å². The molecular formula is C22H24N2O2. The fourth-order valence-electron chi connectivity index (χ4n) is 4.00. The number of nitrogens with one attached hydrogen (secondary N) is 1. The molecular weight excluding hydrogens is 324 g/mol. The highest BCUT2D eigenvalue weighted by Crippen LogP contribution is 2.29. The minimum absolute atomic E-state index is 0.0639. The molecule has 1 saturated carbocycles. The highest BCUT2D eigenvalue weighted by Gasteiger charge is 2.28. The van der Waals surface area contributed by atoms with Gasteiger partial charge in [-0.05, 0) is 42.2 Å². The molecule has 0 unspecified atom stereocenters. The molecule has 2 aromatic rings. The molecule has 1 aliphatic heterocycles. The van der Waals surface area contributed by atoms with Crippen LogP contribution in [0.5, 0.6) is 0 Å². The monoisotopic (exact) mass is 348 g/mol. The zero-order valence-corrected chi connectivity index (χ0v) is 14.9. The molecule has 2 aliphatic rings. The Morgan fingerprint density at radius 1 is 1.04 bits per heavy atom. The van der Waals surface area contributed by atoms with Gasteiger partial charge in [0.15, 0.2) is 0 Å². The summed E-state index contributed by atoms with van der Waals surface area (Å²) in [7, 11) is 0. The Kier molecular flexibility index (Phi) is 4.74. The molecule has 4 heteroatoms. The molecule has 4 rings (SSSR count). The van der Waals surface area contributed by atoms with Crippen LogP contribution in [0.4, 0.5) is 5.69 Å². The van der Waals surface area contributed by atoms with Crippen molar-refractivity contribution in [3.8, 4) is 0 Å². The minimum atomic E-state index is 0.0639. The molecule has 134 valence electrons. The molecule has 1 heterocycles. The van der Waals surface area contributed by atoms with Crippen molar-refractivity contribution < 1.29 is 9.59 Å². The van der Waals surface area contributed by atoms with E-state index in [1.165, 1.54) is 6.42 Å². The van der Waals surface area contributed by atoms with Gasteiger partial charge in [-0.2, -0.15) is 0 Å². The summed E-state index contributed by atoms with van der Waals surface area (Å²) in [6.07, 6.45) is 5.50. The van der Waals surface area contributed by atoms with Crippen molar-refractivity contribution in [3.05, 3.63) is 65.2 Å². The third kappa shape index (κ3) is 3.50. The predicted octanol–water partition coefficient (Wildman–Crippen LogP) is 4.36. The lowest BCUT2D eigenvalue weighted by Gasteiger charge is -2.20. The van der Waals surface area contributed by atoms with Crippen LogP contribution in [0.2, 0.25) is 0 Å². The van der Waals surface area contributed by atoms with Crippen molar-refractivity contribution in [3.63, 3.8) is 0 Å². The van der Waals surface area contributed by atoms with Gasteiger partial charge < -0.3 is 10.2 Å². The molecule has 2 amide bonds. The molecule has 0 bridgehead atoms. The van der Waals surface area contributed by atoms with Gasteiger partial charge in [0, 0.05) is 30.3 Å². The molecule has 26 heavy (non-hydrogen) atoms. The molecule has 0 radical (unpaired) electrons. The Labute approximate surface area is 154 Å². The van der Waals surface area contributed by atoms with Gasteiger partial charge >= 0.3 is 0 Å². The highest BCUT2D eigenvalue weighted by molar-refractivity contribution is 5.99. The fraction of sp³-hybridized carbons (Fsp3) is 0.364. The van der Waals surface area contributed by atoms with Gasteiger partial charge in [0.25, 0.3) is 5.91 Å². The molecule has 0 aromatic heterocycles. The number of anilines is 1. The van der Waals surface area contributed by atoms with E-state index in [0.29, 0.717) is 13.1 Å². The van der Waals surface area contributed by atoms with Crippen LogP contribution >= 0.6 is 0 Å². The second-order valence-electron chi connectivity index (χ2n) is 7.34. The van der Waals surface area contributed by atoms with Gasteiger partial charge in [-0.1, -0.05) is 49.6 Å². The summed E-state index contributed by atoms with van der Waals surface area (Å²) >= 11 is 0. The van der Waals surface area contributed by atoms with Crippen LogP contribution in [0.3, 0.4) is 0 Å². The van der Waals surface area contributed by atoms with Crippen LogP contribution in [0.25, 0.3) is 0 Å². The standard InChI is InChI=1S/C22H24N2O2/c25-21(17-9-5-2-6-10-17)23-19-11-12-20-18(13-19)15-24(22(20)26)14-16-7-3-1-4-8-16/h1,3-4,7-8,11-13,17H,2,5-6,9-10,14-15H2,(H,23,25).